The van der Waals surface area contributed by atoms with Crippen molar-refractivity contribution < 1.29 is 53.9 Å². The lowest BCUT2D eigenvalue weighted by molar-refractivity contribution is -0.189. The van der Waals surface area contributed by atoms with Gasteiger partial charge >= 0.3 is 23.7 Å². The van der Waals surface area contributed by atoms with Crippen LogP contribution in [-0.2, 0) is 26.0 Å². The molecule has 0 radical (unpaired) electrons. The van der Waals surface area contributed by atoms with Crippen LogP contribution >= 0.6 is 0 Å². The van der Waals surface area contributed by atoms with E-state index in [0.717, 1.165) is 4.90 Å². The lowest BCUT2D eigenvalue weighted by Gasteiger charge is -2.28. The Bertz CT molecular complexity index is 1390. The summed E-state index contributed by atoms with van der Waals surface area (Å²) >= 11 is 0. The van der Waals surface area contributed by atoms with E-state index in [1.165, 1.54) is 26.2 Å². The molecule has 200 valence electrons. The number of esters is 1. The molecule has 1 fully saturated rings. The minimum atomic E-state index is -6.09. The van der Waals surface area contributed by atoms with Crippen molar-refractivity contribution in [1.29, 1.82) is 0 Å². The zero-order chi connectivity index (χ0) is 28.1. The first-order valence-electron chi connectivity index (χ1n) is 10.1. The van der Waals surface area contributed by atoms with Gasteiger partial charge in [0.2, 0.25) is 0 Å². The van der Waals surface area contributed by atoms with Crippen LogP contribution in [0.25, 0.3) is 0 Å². The Morgan fingerprint density at radius 1 is 1.08 bits per heavy atom. The number of rotatable bonds is 5. The molecule has 37 heavy (non-hydrogen) atoms. The Morgan fingerprint density at radius 3 is 2.24 bits per heavy atom. The van der Waals surface area contributed by atoms with E-state index >= 15 is 0 Å². The molecule has 3 amide bonds. The van der Waals surface area contributed by atoms with Gasteiger partial charge < -0.3 is 9.64 Å². The molecule has 1 aromatic carbocycles. The smallest absolute Gasteiger partial charge is 0.418 e. The second-order valence-corrected chi connectivity index (χ2v) is 10.3. The summed E-state index contributed by atoms with van der Waals surface area (Å²) in [6.45, 7) is 4.13. The second-order valence-electron chi connectivity index (χ2n) is 8.34. The number of halogens is 6. The summed E-state index contributed by atoms with van der Waals surface area (Å²) in [6.07, 6.45) is -2.74. The summed E-state index contributed by atoms with van der Waals surface area (Å²) in [5.41, 5.74) is -7.13. The zero-order valence-corrected chi connectivity index (χ0v) is 20.0. The molecule has 0 spiro atoms. The van der Waals surface area contributed by atoms with Crippen LogP contribution in [0.5, 0.6) is 5.75 Å². The standard InChI is InChI=1S/C21H17F6N3O6S/c1-11-9-28-7-6-12(11)10-29-18(33)30(16(31)19(29,2)3)14-5-4-13(37(34,35)21(25,26)27)8-15(14)36-17(32)20(22,23)24/h4-9H,10H2,1-3H3. The number of alkyl halides is 6. The van der Waals surface area contributed by atoms with Gasteiger partial charge in [0.25, 0.3) is 15.7 Å². The Hall–Kier alpha value is -3.69. The highest BCUT2D eigenvalue weighted by atomic mass is 32.2. The van der Waals surface area contributed by atoms with Gasteiger partial charge in [-0.3, -0.25) is 9.78 Å². The van der Waals surface area contributed by atoms with Crippen molar-refractivity contribution in [3.63, 3.8) is 0 Å². The predicted molar refractivity (Wildman–Crippen MR) is 113 cm³/mol. The molecule has 2 aromatic rings. The van der Waals surface area contributed by atoms with E-state index in [1.54, 1.807) is 13.0 Å². The second kappa shape index (κ2) is 9.00. The number of hydrogen-bond donors (Lipinski definition) is 0. The SMILES string of the molecule is Cc1cnccc1CN1C(=O)N(c2ccc(S(=O)(=O)C(F)(F)F)cc2OC(=O)C(F)(F)F)C(=O)C1(C)C. The number of nitrogens with zero attached hydrogens (tertiary/aromatic N) is 3. The molecular weight excluding hydrogens is 536 g/mol. The molecule has 0 unspecified atom stereocenters. The first-order valence-corrected chi connectivity index (χ1v) is 11.6. The topological polar surface area (TPSA) is 114 Å². The quantitative estimate of drug-likeness (QED) is 0.239. The number of urea groups is 1. The number of ether oxygens (including phenoxy) is 1. The minimum absolute atomic E-state index is 0.00890. The number of sulfone groups is 1. The zero-order valence-electron chi connectivity index (χ0n) is 19.1. The summed E-state index contributed by atoms with van der Waals surface area (Å²) in [5, 5.41) is 0. The van der Waals surface area contributed by atoms with Crippen molar-refractivity contribution in [3.8, 4) is 5.75 Å². The van der Waals surface area contributed by atoms with Crippen molar-refractivity contribution in [2.75, 3.05) is 4.90 Å². The number of hydrogen-bond acceptors (Lipinski definition) is 7. The van der Waals surface area contributed by atoms with E-state index in [1.807, 2.05) is 0 Å². The van der Waals surface area contributed by atoms with Crippen molar-refractivity contribution in [3.05, 3.63) is 47.8 Å². The van der Waals surface area contributed by atoms with Crippen LogP contribution in [0.1, 0.15) is 25.0 Å². The molecular formula is C21H17F6N3O6S. The minimum Gasteiger partial charge on any atom is -0.418 e. The molecule has 3 rings (SSSR count). The van der Waals surface area contributed by atoms with Gasteiger partial charge in [-0.15, -0.1) is 0 Å². The van der Waals surface area contributed by atoms with E-state index in [-0.39, 0.29) is 12.6 Å². The number of aryl methyl sites for hydroxylation is 1. The van der Waals surface area contributed by atoms with Gasteiger partial charge in [0.15, 0.2) is 5.75 Å². The Labute approximate surface area is 205 Å². The largest absolute Gasteiger partial charge is 0.501 e. The highest BCUT2D eigenvalue weighted by Crippen LogP contribution is 2.41. The van der Waals surface area contributed by atoms with Crippen LogP contribution < -0.4 is 9.64 Å². The fourth-order valence-corrected chi connectivity index (χ4v) is 4.16. The van der Waals surface area contributed by atoms with Gasteiger partial charge in [-0.25, -0.2) is 22.9 Å². The van der Waals surface area contributed by atoms with E-state index in [2.05, 4.69) is 9.72 Å². The summed E-state index contributed by atoms with van der Waals surface area (Å²) in [5.74, 6) is -5.34. The lowest BCUT2D eigenvalue weighted by atomic mass is 10.0. The number of carbonyl (C=O) groups excluding carboxylic acids is 3. The molecule has 0 N–H and O–H groups in total. The summed E-state index contributed by atoms with van der Waals surface area (Å²) in [4.78, 5) is 41.6. The van der Waals surface area contributed by atoms with Gasteiger partial charge in [0, 0.05) is 25.0 Å². The van der Waals surface area contributed by atoms with E-state index in [4.69, 9.17) is 0 Å². The van der Waals surface area contributed by atoms with Crippen molar-refractivity contribution in [2.24, 2.45) is 0 Å². The third kappa shape index (κ3) is 4.97. The third-order valence-corrected chi connectivity index (χ3v) is 6.99. The highest BCUT2D eigenvalue weighted by molar-refractivity contribution is 7.92. The third-order valence-electron chi connectivity index (χ3n) is 5.51. The maximum atomic E-state index is 13.3. The summed E-state index contributed by atoms with van der Waals surface area (Å²) in [7, 11) is -6.09. The molecule has 0 atom stereocenters. The average molecular weight is 553 g/mol. The molecule has 0 bridgehead atoms. The number of benzene rings is 1. The molecule has 0 aliphatic carbocycles. The van der Waals surface area contributed by atoms with Crippen LogP contribution in [0.4, 0.5) is 36.8 Å². The van der Waals surface area contributed by atoms with Gasteiger partial charge in [0.05, 0.1) is 10.6 Å². The number of amides is 3. The molecule has 1 aliphatic rings. The number of carbonyl (C=O) groups is 3. The first kappa shape index (κ1) is 27.9. The van der Waals surface area contributed by atoms with E-state index in [0.29, 0.717) is 28.2 Å². The maximum Gasteiger partial charge on any atom is 0.501 e. The van der Waals surface area contributed by atoms with Crippen molar-refractivity contribution in [1.82, 2.24) is 9.88 Å². The van der Waals surface area contributed by atoms with Crippen molar-refractivity contribution >= 4 is 33.4 Å². The Morgan fingerprint density at radius 2 is 1.70 bits per heavy atom. The Balaban J connectivity index is 2.15. The van der Waals surface area contributed by atoms with Gasteiger partial charge in [-0.2, -0.15) is 26.3 Å². The molecule has 1 aliphatic heterocycles. The average Bonchev–Trinajstić information content (AvgIpc) is 2.93. The predicted octanol–water partition coefficient (Wildman–Crippen LogP) is 3.90. The molecule has 1 saturated heterocycles. The Kier molecular flexibility index (Phi) is 6.79. The fourth-order valence-electron chi connectivity index (χ4n) is 3.38. The number of pyridine rings is 1. The van der Waals surface area contributed by atoms with Crippen LogP contribution in [0.15, 0.2) is 41.6 Å². The molecule has 9 nitrogen and oxygen atoms in total. The van der Waals surface area contributed by atoms with Crippen molar-refractivity contribution in [2.45, 2.75) is 49.4 Å². The van der Waals surface area contributed by atoms with Gasteiger partial charge in [-0.1, -0.05) is 0 Å². The van der Waals surface area contributed by atoms with Crippen LogP contribution in [-0.4, -0.2) is 53.4 Å². The fraction of sp³-hybridized carbons (Fsp3) is 0.333. The maximum absolute atomic E-state index is 13.3. The monoisotopic (exact) mass is 553 g/mol. The van der Waals surface area contributed by atoms with Crippen LogP contribution in [0, 0.1) is 6.92 Å². The number of aromatic nitrogens is 1. The molecule has 2 heterocycles. The molecule has 16 heteroatoms. The molecule has 0 saturated carbocycles. The van der Waals surface area contributed by atoms with E-state index < -0.39 is 61.3 Å². The van der Waals surface area contributed by atoms with E-state index in [9.17, 15) is 49.1 Å². The highest BCUT2D eigenvalue weighted by Gasteiger charge is 2.53. The van der Waals surface area contributed by atoms with Gasteiger partial charge in [-0.05, 0) is 50.1 Å². The first-order chi connectivity index (χ1) is 16.8. The molecule has 1 aromatic heterocycles. The van der Waals surface area contributed by atoms with Crippen LogP contribution in [0.3, 0.4) is 0 Å². The van der Waals surface area contributed by atoms with Crippen LogP contribution in [0.2, 0.25) is 0 Å². The number of imide groups is 1. The summed E-state index contributed by atoms with van der Waals surface area (Å²) < 4.78 is 105. The normalized spacial score (nSPS) is 16.4. The number of anilines is 1. The summed E-state index contributed by atoms with van der Waals surface area (Å²) in [6, 6.07) is 1.24. The van der Waals surface area contributed by atoms with Gasteiger partial charge in [0.1, 0.15) is 5.54 Å². The lowest BCUT2D eigenvalue weighted by Crippen LogP contribution is -2.43.